The monoisotopic (exact) mass is 285 g/mol. The Kier molecular flexibility index (Phi) is 3.27. The zero-order valence-electron chi connectivity index (χ0n) is 11.6. The van der Waals surface area contributed by atoms with Crippen LogP contribution in [-0.4, -0.2) is 13.3 Å². The fraction of sp³-hybridized carbons (Fsp3) is 0.235. The third kappa shape index (κ3) is 2.32. The van der Waals surface area contributed by atoms with E-state index in [2.05, 4.69) is 13.0 Å². The lowest BCUT2D eigenvalue weighted by molar-refractivity contribution is 0.410. The van der Waals surface area contributed by atoms with E-state index in [1.54, 1.807) is 7.11 Å². The number of halogens is 1. The van der Waals surface area contributed by atoms with Crippen LogP contribution in [0.1, 0.15) is 23.6 Å². The van der Waals surface area contributed by atoms with Crippen LogP contribution in [0.2, 0.25) is 5.02 Å². The Morgan fingerprint density at radius 2 is 2.05 bits per heavy atom. The molecule has 1 heterocycles. The standard InChI is InChI=1S/C17H16ClNO/c1-17(14-4-3-5-16(9-14)20-2)10-13-8-15(18)7-6-12(13)11-19-17/h3-9,11H,10H2,1-2H3. The molecule has 0 N–H and O–H groups in total. The quantitative estimate of drug-likeness (QED) is 0.809. The molecule has 0 fully saturated rings. The van der Waals surface area contributed by atoms with E-state index < -0.39 is 0 Å². The lowest BCUT2D eigenvalue weighted by atomic mass is 9.83. The first kappa shape index (κ1) is 13.2. The Morgan fingerprint density at radius 3 is 2.85 bits per heavy atom. The van der Waals surface area contributed by atoms with Gasteiger partial charge >= 0.3 is 0 Å². The van der Waals surface area contributed by atoms with Crippen molar-refractivity contribution in [1.82, 2.24) is 0 Å². The Hall–Kier alpha value is -1.80. The summed E-state index contributed by atoms with van der Waals surface area (Å²) in [6.45, 7) is 2.14. The highest BCUT2D eigenvalue weighted by Crippen LogP contribution is 2.35. The lowest BCUT2D eigenvalue weighted by Gasteiger charge is -2.30. The smallest absolute Gasteiger partial charge is 0.119 e. The number of methoxy groups -OCH3 is 1. The second kappa shape index (κ2) is 4.95. The minimum Gasteiger partial charge on any atom is -0.497 e. The van der Waals surface area contributed by atoms with Crippen LogP contribution in [0, 0.1) is 0 Å². The van der Waals surface area contributed by atoms with Gasteiger partial charge in [0.1, 0.15) is 5.75 Å². The summed E-state index contributed by atoms with van der Waals surface area (Å²) in [4.78, 5) is 4.75. The van der Waals surface area contributed by atoms with Gasteiger partial charge in [-0.25, -0.2) is 0 Å². The largest absolute Gasteiger partial charge is 0.497 e. The van der Waals surface area contributed by atoms with Gasteiger partial charge in [-0.05, 0) is 47.9 Å². The molecule has 0 radical (unpaired) electrons. The van der Waals surface area contributed by atoms with Crippen molar-refractivity contribution in [2.75, 3.05) is 7.11 Å². The predicted molar refractivity (Wildman–Crippen MR) is 83.1 cm³/mol. The van der Waals surface area contributed by atoms with Crippen LogP contribution < -0.4 is 4.74 Å². The molecule has 3 heteroatoms. The number of ether oxygens (including phenoxy) is 1. The molecule has 1 unspecified atom stereocenters. The number of rotatable bonds is 2. The molecule has 0 aromatic heterocycles. The summed E-state index contributed by atoms with van der Waals surface area (Å²) < 4.78 is 5.31. The van der Waals surface area contributed by atoms with Gasteiger partial charge in [0.25, 0.3) is 0 Å². The Labute approximate surface area is 124 Å². The molecule has 0 aliphatic carbocycles. The molecule has 102 valence electrons. The zero-order valence-corrected chi connectivity index (χ0v) is 12.3. The summed E-state index contributed by atoms with van der Waals surface area (Å²) in [7, 11) is 1.68. The molecule has 1 aliphatic rings. The van der Waals surface area contributed by atoms with Gasteiger partial charge in [-0.2, -0.15) is 0 Å². The van der Waals surface area contributed by atoms with Gasteiger partial charge in [0.15, 0.2) is 0 Å². The van der Waals surface area contributed by atoms with Crippen LogP contribution in [0.3, 0.4) is 0 Å². The molecule has 0 saturated heterocycles. The molecule has 2 aromatic carbocycles. The van der Waals surface area contributed by atoms with Crippen LogP contribution in [0.25, 0.3) is 0 Å². The third-order valence-corrected chi connectivity index (χ3v) is 4.05. The van der Waals surface area contributed by atoms with Gasteiger partial charge < -0.3 is 4.74 Å². The highest BCUT2D eigenvalue weighted by molar-refractivity contribution is 6.30. The molecule has 0 saturated carbocycles. The summed E-state index contributed by atoms with van der Waals surface area (Å²) in [6.07, 6.45) is 2.78. The average Bonchev–Trinajstić information content (AvgIpc) is 2.47. The molecule has 2 aromatic rings. The minimum absolute atomic E-state index is 0.272. The van der Waals surface area contributed by atoms with Crippen LogP contribution in [-0.2, 0) is 12.0 Å². The summed E-state index contributed by atoms with van der Waals surface area (Å²) in [5.74, 6) is 0.857. The topological polar surface area (TPSA) is 21.6 Å². The summed E-state index contributed by atoms with van der Waals surface area (Å²) in [5.41, 5.74) is 3.26. The summed E-state index contributed by atoms with van der Waals surface area (Å²) in [6, 6.07) is 14.0. The Balaban J connectivity index is 2.02. The lowest BCUT2D eigenvalue weighted by Crippen LogP contribution is -2.26. The highest BCUT2D eigenvalue weighted by atomic mass is 35.5. The maximum absolute atomic E-state index is 6.10. The van der Waals surface area contributed by atoms with Gasteiger partial charge in [-0.1, -0.05) is 29.8 Å². The fourth-order valence-corrected chi connectivity index (χ4v) is 2.81. The average molecular weight is 286 g/mol. The van der Waals surface area contributed by atoms with Crippen molar-refractivity contribution in [1.29, 1.82) is 0 Å². The normalized spacial score (nSPS) is 20.6. The zero-order chi connectivity index (χ0) is 14.2. The molecule has 1 atom stereocenters. The molecule has 20 heavy (non-hydrogen) atoms. The van der Waals surface area contributed by atoms with Crippen molar-refractivity contribution in [3.8, 4) is 5.75 Å². The van der Waals surface area contributed by atoms with Gasteiger partial charge in [-0.3, -0.25) is 4.99 Å². The third-order valence-electron chi connectivity index (χ3n) is 3.82. The summed E-state index contributed by atoms with van der Waals surface area (Å²) >= 11 is 6.10. The SMILES string of the molecule is COc1cccc(C2(C)Cc3cc(Cl)ccc3C=N2)c1. The second-order valence-corrected chi connectivity index (χ2v) is 5.72. The Bertz CT molecular complexity index is 680. The molecule has 0 bridgehead atoms. The second-order valence-electron chi connectivity index (χ2n) is 5.28. The fourth-order valence-electron chi connectivity index (χ4n) is 2.62. The number of fused-ring (bicyclic) bond motifs is 1. The van der Waals surface area contributed by atoms with Crippen LogP contribution in [0.5, 0.6) is 5.75 Å². The number of hydrogen-bond donors (Lipinski definition) is 0. The molecule has 0 amide bonds. The number of benzene rings is 2. The molecular weight excluding hydrogens is 270 g/mol. The van der Waals surface area contributed by atoms with Crippen molar-refractivity contribution >= 4 is 17.8 Å². The van der Waals surface area contributed by atoms with E-state index in [1.807, 2.05) is 42.6 Å². The van der Waals surface area contributed by atoms with Crippen LogP contribution in [0.4, 0.5) is 0 Å². The maximum atomic E-state index is 6.10. The number of hydrogen-bond acceptors (Lipinski definition) is 2. The van der Waals surface area contributed by atoms with Crippen LogP contribution >= 0.6 is 11.6 Å². The van der Waals surface area contributed by atoms with Gasteiger partial charge in [0.2, 0.25) is 0 Å². The van der Waals surface area contributed by atoms with Crippen molar-refractivity contribution in [3.05, 3.63) is 64.2 Å². The van der Waals surface area contributed by atoms with Crippen molar-refractivity contribution in [3.63, 3.8) is 0 Å². The molecule has 3 rings (SSSR count). The highest BCUT2D eigenvalue weighted by Gasteiger charge is 2.29. The maximum Gasteiger partial charge on any atom is 0.119 e. The van der Waals surface area contributed by atoms with Crippen molar-refractivity contribution < 1.29 is 4.74 Å². The van der Waals surface area contributed by atoms with E-state index >= 15 is 0 Å². The molecule has 2 nitrogen and oxygen atoms in total. The summed E-state index contributed by atoms with van der Waals surface area (Å²) in [5, 5.41) is 0.770. The first-order valence-electron chi connectivity index (χ1n) is 6.59. The number of aliphatic imine (C=N–C) groups is 1. The first-order valence-corrected chi connectivity index (χ1v) is 6.97. The van der Waals surface area contributed by atoms with E-state index in [0.717, 1.165) is 28.3 Å². The van der Waals surface area contributed by atoms with Crippen molar-refractivity contribution in [2.24, 2.45) is 4.99 Å². The van der Waals surface area contributed by atoms with Gasteiger partial charge in [0.05, 0.1) is 12.6 Å². The van der Waals surface area contributed by atoms with Crippen LogP contribution in [0.15, 0.2) is 47.5 Å². The first-order chi connectivity index (χ1) is 9.60. The molecule has 1 aliphatic heterocycles. The van der Waals surface area contributed by atoms with E-state index in [0.29, 0.717) is 0 Å². The Morgan fingerprint density at radius 1 is 1.20 bits per heavy atom. The molecular formula is C17H16ClNO. The van der Waals surface area contributed by atoms with E-state index in [1.165, 1.54) is 5.56 Å². The minimum atomic E-state index is -0.272. The van der Waals surface area contributed by atoms with E-state index in [4.69, 9.17) is 21.3 Å². The van der Waals surface area contributed by atoms with Gasteiger partial charge in [-0.15, -0.1) is 0 Å². The van der Waals surface area contributed by atoms with E-state index in [-0.39, 0.29) is 5.54 Å². The number of nitrogens with zero attached hydrogens (tertiary/aromatic N) is 1. The van der Waals surface area contributed by atoms with Gasteiger partial charge in [0, 0.05) is 17.7 Å². The predicted octanol–water partition coefficient (Wildman–Crippen LogP) is 4.24. The van der Waals surface area contributed by atoms with E-state index in [9.17, 15) is 0 Å². The molecule has 0 spiro atoms. The van der Waals surface area contributed by atoms with Crippen molar-refractivity contribution in [2.45, 2.75) is 18.9 Å².